The van der Waals surface area contributed by atoms with E-state index in [1.54, 1.807) is 19.1 Å². The summed E-state index contributed by atoms with van der Waals surface area (Å²) in [6.07, 6.45) is -4.01. The molecule has 0 unspecified atom stereocenters. The number of carbonyl (C=O) groups is 3. The molecule has 1 saturated heterocycles. The largest absolute Gasteiger partial charge is 0.485 e. The molecule has 0 spiro atoms. The lowest BCUT2D eigenvalue weighted by Gasteiger charge is -2.40. The molecule has 1 fully saturated rings. The average Bonchev–Trinajstić information content (AvgIpc) is 2.88. The number of fused-ring (bicyclic) bond motifs is 1. The number of aryl methyl sites for hydroxylation is 1. The number of hydrogen-bond donors (Lipinski definition) is 0. The molecule has 4 rings (SSSR count). The van der Waals surface area contributed by atoms with Crippen LogP contribution in [0.3, 0.4) is 0 Å². The van der Waals surface area contributed by atoms with Gasteiger partial charge in [-0.05, 0) is 24.1 Å². The third kappa shape index (κ3) is 7.38. The minimum Gasteiger partial charge on any atom is -0.485 e. The second-order valence-electron chi connectivity index (χ2n) is 9.30. The fourth-order valence-corrected chi connectivity index (χ4v) is 4.38. The summed E-state index contributed by atoms with van der Waals surface area (Å²) >= 11 is 0. The molecule has 0 saturated carbocycles. The van der Waals surface area contributed by atoms with Crippen molar-refractivity contribution >= 4 is 28.9 Å². The lowest BCUT2D eigenvalue weighted by molar-refractivity contribution is -0.246. The maximum atomic E-state index is 12.0. The molecule has 0 aliphatic carbocycles. The summed E-state index contributed by atoms with van der Waals surface area (Å²) in [5.41, 5.74) is 1.37. The van der Waals surface area contributed by atoms with E-state index in [-0.39, 0.29) is 31.1 Å². The van der Waals surface area contributed by atoms with Crippen LogP contribution in [-0.4, -0.2) is 49.1 Å². The molecule has 212 valence electrons. The monoisotopic (exact) mass is 554 g/mol. The van der Waals surface area contributed by atoms with E-state index < -0.39 is 48.1 Å². The maximum Gasteiger partial charge on any atom is 0.336 e. The van der Waals surface area contributed by atoms with Crippen LogP contribution in [0.5, 0.6) is 11.5 Å². The SMILES string of the molecule is CC(=O)OC[C@H]1O[C@@H](Oc2cc3c(C)cc(=O)oc3cc2OCc2ccccc2)C[C@@H](OC(C)=O)[C@@H]1OC(C)=O. The first-order chi connectivity index (χ1) is 19.1. The fourth-order valence-electron chi connectivity index (χ4n) is 4.38. The van der Waals surface area contributed by atoms with Gasteiger partial charge in [-0.3, -0.25) is 14.4 Å². The standard InChI is InChI=1S/C29H30O11/c1-16-10-27(33)38-22-12-23(35-14-20-8-6-5-7-9-20)24(11-21(16)22)39-28-13-25(36-18(3)31)29(37-19(4)32)26(40-28)15-34-17(2)30/h5-12,25-26,28-29H,13-15H2,1-4H3/t25-,26-,28-,29+/m1/s1. The van der Waals surface area contributed by atoms with Crippen LogP contribution in [0.4, 0.5) is 0 Å². The van der Waals surface area contributed by atoms with Gasteiger partial charge in [0.15, 0.2) is 17.6 Å². The smallest absolute Gasteiger partial charge is 0.336 e. The van der Waals surface area contributed by atoms with Gasteiger partial charge in [-0.25, -0.2) is 4.79 Å². The molecule has 40 heavy (non-hydrogen) atoms. The Morgan fingerprint density at radius 3 is 2.33 bits per heavy atom. The van der Waals surface area contributed by atoms with Gasteiger partial charge in [0, 0.05) is 38.3 Å². The summed E-state index contributed by atoms with van der Waals surface area (Å²) in [6, 6.07) is 14.0. The van der Waals surface area contributed by atoms with Gasteiger partial charge in [0.1, 0.15) is 31.0 Å². The van der Waals surface area contributed by atoms with E-state index in [2.05, 4.69) is 0 Å². The van der Waals surface area contributed by atoms with Crippen molar-refractivity contribution in [1.29, 1.82) is 0 Å². The third-order valence-corrected chi connectivity index (χ3v) is 6.07. The lowest BCUT2D eigenvalue weighted by atomic mass is 10.0. The highest BCUT2D eigenvalue weighted by Crippen LogP contribution is 2.37. The minimum atomic E-state index is -1.04. The summed E-state index contributed by atoms with van der Waals surface area (Å²) < 4.78 is 39.7. The topological polar surface area (TPSA) is 137 Å². The van der Waals surface area contributed by atoms with Crippen LogP contribution in [0.25, 0.3) is 11.0 Å². The van der Waals surface area contributed by atoms with Crippen molar-refractivity contribution in [2.24, 2.45) is 0 Å². The number of rotatable bonds is 9. The predicted molar refractivity (Wildman–Crippen MR) is 140 cm³/mol. The molecule has 0 N–H and O–H groups in total. The Morgan fingerprint density at radius 2 is 1.65 bits per heavy atom. The van der Waals surface area contributed by atoms with Crippen LogP contribution in [0.1, 0.15) is 38.3 Å². The number of hydrogen-bond acceptors (Lipinski definition) is 11. The van der Waals surface area contributed by atoms with Crippen molar-refractivity contribution in [3.05, 3.63) is 70.1 Å². The number of esters is 3. The van der Waals surface area contributed by atoms with Gasteiger partial charge >= 0.3 is 23.5 Å². The second kappa shape index (κ2) is 12.6. The normalized spacial score (nSPS) is 20.4. The second-order valence-corrected chi connectivity index (χ2v) is 9.30. The summed E-state index contributed by atoms with van der Waals surface area (Å²) in [5.74, 6) is -1.25. The number of benzene rings is 2. The molecule has 4 atom stereocenters. The van der Waals surface area contributed by atoms with Crippen molar-refractivity contribution in [3.63, 3.8) is 0 Å². The maximum absolute atomic E-state index is 12.0. The third-order valence-electron chi connectivity index (χ3n) is 6.07. The van der Waals surface area contributed by atoms with E-state index in [9.17, 15) is 19.2 Å². The molecule has 1 aliphatic rings. The van der Waals surface area contributed by atoms with E-state index in [0.29, 0.717) is 16.5 Å². The molecule has 11 heteroatoms. The van der Waals surface area contributed by atoms with Gasteiger partial charge < -0.3 is 32.8 Å². The van der Waals surface area contributed by atoms with Gasteiger partial charge in [0.25, 0.3) is 0 Å². The Kier molecular flexibility index (Phi) is 9.05. The van der Waals surface area contributed by atoms with E-state index in [0.717, 1.165) is 5.56 Å². The van der Waals surface area contributed by atoms with Gasteiger partial charge in [0.05, 0.1) is 6.42 Å². The molecule has 11 nitrogen and oxygen atoms in total. The Balaban J connectivity index is 1.68. The Hall–Kier alpha value is -4.38. The Bertz CT molecular complexity index is 1430. The summed E-state index contributed by atoms with van der Waals surface area (Å²) in [5, 5.41) is 0.614. The summed E-state index contributed by atoms with van der Waals surface area (Å²) in [4.78, 5) is 47.2. The highest BCUT2D eigenvalue weighted by molar-refractivity contribution is 5.83. The first-order valence-corrected chi connectivity index (χ1v) is 12.6. The van der Waals surface area contributed by atoms with Gasteiger partial charge in [-0.1, -0.05) is 30.3 Å². The Morgan fingerprint density at radius 1 is 0.925 bits per heavy atom. The van der Waals surface area contributed by atoms with E-state index in [1.807, 2.05) is 30.3 Å². The molecule has 0 bridgehead atoms. The van der Waals surface area contributed by atoms with E-state index in [1.165, 1.54) is 26.8 Å². The molecular weight excluding hydrogens is 524 g/mol. The van der Waals surface area contributed by atoms with Crippen LogP contribution >= 0.6 is 0 Å². The van der Waals surface area contributed by atoms with Crippen LogP contribution in [0.2, 0.25) is 0 Å². The number of ether oxygens (including phenoxy) is 6. The van der Waals surface area contributed by atoms with E-state index in [4.69, 9.17) is 32.8 Å². The lowest BCUT2D eigenvalue weighted by Crippen LogP contribution is -2.54. The van der Waals surface area contributed by atoms with Gasteiger partial charge in [-0.15, -0.1) is 0 Å². The molecule has 1 aromatic heterocycles. The molecule has 1 aliphatic heterocycles. The average molecular weight is 555 g/mol. The zero-order chi connectivity index (χ0) is 28.8. The van der Waals surface area contributed by atoms with Crippen LogP contribution in [-0.2, 0) is 39.9 Å². The highest BCUT2D eigenvalue weighted by Gasteiger charge is 2.44. The van der Waals surface area contributed by atoms with Crippen molar-refractivity contribution in [2.45, 2.75) is 65.3 Å². The molecule has 3 aromatic rings. The molecule has 2 aromatic carbocycles. The number of carbonyl (C=O) groups excluding carboxylic acids is 3. The van der Waals surface area contributed by atoms with E-state index >= 15 is 0 Å². The van der Waals surface area contributed by atoms with Crippen LogP contribution in [0, 0.1) is 6.92 Å². The quantitative estimate of drug-likeness (QED) is 0.218. The van der Waals surface area contributed by atoms with Crippen molar-refractivity contribution < 1.29 is 47.2 Å². The zero-order valence-electron chi connectivity index (χ0n) is 22.5. The fraction of sp³-hybridized carbons (Fsp3) is 0.379. The van der Waals surface area contributed by atoms with Gasteiger partial charge in [-0.2, -0.15) is 0 Å². The first-order valence-electron chi connectivity index (χ1n) is 12.6. The van der Waals surface area contributed by atoms with Crippen molar-refractivity contribution in [2.75, 3.05) is 6.61 Å². The Labute approximate surface area is 229 Å². The van der Waals surface area contributed by atoms with Crippen LogP contribution in [0.15, 0.2) is 57.7 Å². The summed E-state index contributed by atoms with van der Waals surface area (Å²) in [6.45, 7) is 5.36. The molecule has 0 radical (unpaired) electrons. The van der Waals surface area contributed by atoms with Gasteiger partial charge in [0.2, 0.25) is 6.29 Å². The van der Waals surface area contributed by atoms with Crippen LogP contribution < -0.4 is 15.1 Å². The minimum absolute atomic E-state index is 0.00683. The van der Waals surface area contributed by atoms with Crippen molar-refractivity contribution in [3.8, 4) is 11.5 Å². The van der Waals surface area contributed by atoms with Crippen molar-refractivity contribution in [1.82, 2.24) is 0 Å². The molecule has 2 heterocycles. The zero-order valence-corrected chi connectivity index (χ0v) is 22.5. The highest BCUT2D eigenvalue weighted by atomic mass is 16.7. The molecule has 0 amide bonds. The first kappa shape index (κ1) is 28.6. The predicted octanol–water partition coefficient (Wildman–Crippen LogP) is 3.60. The molecular formula is C29H30O11. The summed E-state index contributed by atoms with van der Waals surface area (Å²) in [7, 11) is 0.